The fraction of sp³-hybridized carbons (Fsp3) is 0.222. The zero-order valence-electron chi connectivity index (χ0n) is 7.33. The molecule has 13 heavy (non-hydrogen) atoms. The minimum Gasteiger partial charge on any atom is -0.260 e. The van der Waals surface area contributed by atoms with Gasteiger partial charge in [0.1, 0.15) is 0 Å². The van der Waals surface area contributed by atoms with Crippen LogP contribution in [0.15, 0.2) is 30.3 Å². The third kappa shape index (κ3) is 3.05. The van der Waals surface area contributed by atoms with E-state index in [-0.39, 0.29) is 0 Å². The van der Waals surface area contributed by atoms with Crippen molar-refractivity contribution in [1.29, 1.82) is 0 Å². The number of hydrazine groups is 1. The number of hydrogen-bond acceptors (Lipinski definition) is 2. The second kappa shape index (κ2) is 4.84. The lowest BCUT2D eigenvalue weighted by Gasteiger charge is -2.17. The van der Waals surface area contributed by atoms with E-state index in [0.29, 0.717) is 6.54 Å². The second-order valence-corrected chi connectivity index (χ2v) is 2.87. The van der Waals surface area contributed by atoms with Gasteiger partial charge in [-0.1, -0.05) is 30.3 Å². The average Bonchev–Trinajstić information content (AvgIpc) is 2.15. The fourth-order valence-electron chi connectivity index (χ4n) is 0.995. The predicted molar refractivity (Wildman–Crippen MR) is 52.3 cm³/mol. The van der Waals surface area contributed by atoms with Gasteiger partial charge in [0.05, 0.1) is 6.54 Å². The number of nitrogens with zero attached hydrogens (tertiary/aromatic N) is 1. The van der Waals surface area contributed by atoms with Crippen LogP contribution in [0.4, 0.5) is 4.79 Å². The Kier molecular flexibility index (Phi) is 3.73. The number of hydrogen-bond donors (Lipinski definition) is 1. The van der Waals surface area contributed by atoms with Crippen LogP contribution in [-0.4, -0.2) is 17.4 Å². The summed E-state index contributed by atoms with van der Waals surface area (Å²) in [6.45, 7) is 0.472. The van der Waals surface area contributed by atoms with Crippen molar-refractivity contribution in [1.82, 2.24) is 10.4 Å². The molecule has 1 aromatic rings. The van der Waals surface area contributed by atoms with Gasteiger partial charge in [-0.25, -0.2) is 5.43 Å². The number of carbonyl (C=O) groups excluding carboxylic acids is 1. The van der Waals surface area contributed by atoms with E-state index in [1.165, 1.54) is 5.01 Å². The summed E-state index contributed by atoms with van der Waals surface area (Å²) in [5.74, 6) is 0. The average molecular weight is 199 g/mol. The quantitative estimate of drug-likeness (QED) is 0.458. The van der Waals surface area contributed by atoms with Crippen LogP contribution >= 0.6 is 11.6 Å². The highest BCUT2D eigenvalue weighted by Gasteiger charge is 2.07. The lowest BCUT2D eigenvalue weighted by molar-refractivity contribution is 0.198. The summed E-state index contributed by atoms with van der Waals surface area (Å²) >= 11 is 5.32. The maximum atomic E-state index is 10.8. The molecule has 0 saturated carbocycles. The zero-order valence-corrected chi connectivity index (χ0v) is 8.08. The number of amides is 1. The van der Waals surface area contributed by atoms with E-state index in [4.69, 9.17) is 11.6 Å². The van der Waals surface area contributed by atoms with Gasteiger partial charge in [0.2, 0.25) is 0 Å². The maximum absolute atomic E-state index is 10.8. The van der Waals surface area contributed by atoms with Crippen LogP contribution in [0.25, 0.3) is 0 Å². The highest BCUT2D eigenvalue weighted by molar-refractivity contribution is 6.62. The van der Waals surface area contributed by atoms with E-state index in [1.807, 2.05) is 30.3 Å². The van der Waals surface area contributed by atoms with Gasteiger partial charge in [-0.15, -0.1) is 0 Å². The molecule has 0 aliphatic heterocycles. The van der Waals surface area contributed by atoms with Crippen molar-refractivity contribution < 1.29 is 4.79 Å². The Hall–Kier alpha value is -1.06. The van der Waals surface area contributed by atoms with Gasteiger partial charge in [-0.2, -0.15) is 0 Å². The molecule has 4 heteroatoms. The molecule has 1 N–H and O–H groups in total. The molecule has 0 aliphatic carbocycles. The number of rotatable bonds is 3. The topological polar surface area (TPSA) is 32.3 Å². The van der Waals surface area contributed by atoms with E-state index in [0.717, 1.165) is 5.56 Å². The summed E-state index contributed by atoms with van der Waals surface area (Å²) in [6, 6.07) is 9.63. The first-order valence-electron chi connectivity index (χ1n) is 3.92. The van der Waals surface area contributed by atoms with E-state index in [9.17, 15) is 4.79 Å². The van der Waals surface area contributed by atoms with Crippen LogP contribution < -0.4 is 5.43 Å². The molecular formula is C9H11ClN2O. The summed E-state index contributed by atoms with van der Waals surface area (Å²) in [5, 5.41) is 0.822. The van der Waals surface area contributed by atoms with E-state index in [1.54, 1.807) is 7.05 Å². The number of benzene rings is 1. The van der Waals surface area contributed by atoms with Crippen molar-refractivity contribution in [2.45, 2.75) is 6.54 Å². The van der Waals surface area contributed by atoms with Gasteiger partial charge in [0, 0.05) is 7.05 Å². The molecule has 0 saturated heterocycles. The third-order valence-corrected chi connectivity index (χ3v) is 1.87. The number of carbonyl (C=O) groups is 1. The first-order valence-corrected chi connectivity index (χ1v) is 4.30. The summed E-state index contributed by atoms with van der Waals surface area (Å²) in [7, 11) is 1.66. The molecule has 0 aromatic heterocycles. The molecule has 3 nitrogen and oxygen atoms in total. The molecule has 70 valence electrons. The molecule has 0 aliphatic rings. The molecule has 0 heterocycles. The monoisotopic (exact) mass is 198 g/mol. The smallest absolute Gasteiger partial charge is 0.260 e. The molecule has 0 radical (unpaired) electrons. The molecule has 0 unspecified atom stereocenters. The molecule has 0 atom stereocenters. The van der Waals surface area contributed by atoms with Crippen molar-refractivity contribution in [2.24, 2.45) is 0 Å². The van der Waals surface area contributed by atoms with Crippen molar-refractivity contribution in [3.63, 3.8) is 0 Å². The first kappa shape index (κ1) is 10.0. The lowest BCUT2D eigenvalue weighted by atomic mass is 10.2. The Labute approximate surface area is 82.3 Å². The van der Waals surface area contributed by atoms with Gasteiger partial charge < -0.3 is 0 Å². The van der Waals surface area contributed by atoms with Crippen molar-refractivity contribution in [3.8, 4) is 0 Å². The maximum Gasteiger partial charge on any atom is 0.330 e. The molecule has 1 aromatic carbocycles. The van der Waals surface area contributed by atoms with Gasteiger partial charge in [0.25, 0.3) is 0 Å². The Morgan fingerprint density at radius 1 is 1.46 bits per heavy atom. The van der Waals surface area contributed by atoms with Crippen LogP contribution in [0.5, 0.6) is 0 Å². The largest absolute Gasteiger partial charge is 0.330 e. The SMILES string of the molecule is CNN(Cc1ccccc1)C(=O)Cl. The van der Waals surface area contributed by atoms with Crippen molar-refractivity contribution in [3.05, 3.63) is 35.9 Å². The molecule has 0 spiro atoms. The predicted octanol–water partition coefficient (Wildman–Crippen LogP) is 1.98. The number of nitrogens with one attached hydrogen (secondary N) is 1. The number of halogens is 1. The standard InChI is InChI=1S/C9H11ClN2O/c1-11-12(9(10)13)7-8-5-3-2-4-6-8/h2-6,11H,7H2,1H3. The van der Waals surface area contributed by atoms with Gasteiger partial charge in [0.15, 0.2) is 0 Å². The summed E-state index contributed by atoms with van der Waals surface area (Å²) in [6.07, 6.45) is 0. The minimum atomic E-state index is -0.508. The normalized spacial score (nSPS) is 9.69. The fourth-order valence-corrected chi connectivity index (χ4v) is 1.14. The molecular weight excluding hydrogens is 188 g/mol. The molecule has 0 fully saturated rings. The van der Waals surface area contributed by atoms with E-state index < -0.39 is 5.37 Å². The highest BCUT2D eigenvalue weighted by Crippen LogP contribution is 2.03. The van der Waals surface area contributed by atoms with Crippen LogP contribution in [-0.2, 0) is 6.54 Å². The van der Waals surface area contributed by atoms with Crippen LogP contribution in [0.2, 0.25) is 0 Å². The summed E-state index contributed by atoms with van der Waals surface area (Å²) in [5.41, 5.74) is 3.74. The van der Waals surface area contributed by atoms with Gasteiger partial charge in [-0.3, -0.25) is 9.80 Å². The third-order valence-electron chi connectivity index (χ3n) is 1.67. The Morgan fingerprint density at radius 3 is 2.54 bits per heavy atom. The lowest BCUT2D eigenvalue weighted by Crippen LogP contribution is -2.36. The Morgan fingerprint density at radius 2 is 2.08 bits per heavy atom. The second-order valence-electron chi connectivity index (χ2n) is 2.55. The molecule has 0 bridgehead atoms. The highest BCUT2D eigenvalue weighted by atomic mass is 35.5. The molecule has 1 rings (SSSR count). The minimum absolute atomic E-state index is 0.472. The zero-order chi connectivity index (χ0) is 9.68. The summed E-state index contributed by atoms with van der Waals surface area (Å²) in [4.78, 5) is 10.8. The van der Waals surface area contributed by atoms with Crippen molar-refractivity contribution >= 4 is 17.0 Å². The van der Waals surface area contributed by atoms with Gasteiger partial charge in [-0.05, 0) is 17.2 Å². The Bertz CT molecular complexity index is 276. The van der Waals surface area contributed by atoms with Crippen LogP contribution in [0, 0.1) is 0 Å². The van der Waals surface area contributed by atoms with Crippen LogP contribution in [0.1, 0.15) is 5.56 Å². The van der Waals surface area contributed by atoms with Gasteiger partial charge >= 0.3 is 5.37 Å². The van der Waals surface area contributed by atoms with Crippen molar-refractivity contribution in [2.75, 3.05) is 7.05 Å². The van der Waals surface area contributed by atoms with Crippen LogP contribution in [0.3, 0.4) is 0 Å². The summed E-state index contributed by atoms with van der Waals surface area (Å²) < 4.78 is 0. The van der Waals surface area contributed by atoms with E-state index >= 15 is 0 Å². The first-order chi connectivity index (χ1) is 6.24. The Balaban J connectivity index is 2.62. The molecule has 1 amide bonds. The van der Waals surface area contributed by atoms with E-state index in [2.05, 4.69) is 5.43 Å².